The smallest absolute Gasteiger partial charge is 0.266 e. The number of nitrogens with zero attached hydrogens (tertiary/aromatic N) is 2. The molecule has 3 heterocycles. The van der Waals surface area contributed by atoms with Gasteiger partial charge in [-0.15, -0.1) is 11.3 Å². The van der Waals surface area contributed by atoms with Crippen LogP contribution < -0.4 is 10.3 Å². The van der Waals surface area contributed by atoms with Gasteiger partial charge in [-0.2, -0.15) is 5.10 Å². The lowest BCUT2D eigenvalue weighted by molar-refractivity contribution is 0.114. The highest BCUT2D eigenvalue weighted by molar-refractivity contribution is 7.91. The van der Waals surface area contributed by atoms with Crippen molar-refractivity contribution in [3.63, 3.8) is 0 Å². The zero-order chi connectivity index (χ0) is 16.4. The van der Waals surface area contributed by atoms with Crippen LogP contribution in [0.2, 0.25) is 0 Å². The molecule has 1 N–H and O–H groups in total. The predicted molar refractivity (Wildman–Crippen MR) is 87.0 cm³/mol. The summed E-state index contributed by atoms with van der Waals surface area (Å²) in [6.07, 6.45) is 1.79. The Labute approximate surface area is 138 Å². The standard InChI is InChI=1S/C14H17N3O4S2/c1-17-13(18)5-4-12(16-17)10-7-14(22-9-10)23(19,20)15-8-11-3-2-6-21-11/h4-5,7,9,11,15H,2-3,6,8H2,1H3. The number of hydrogen-bond acceptors (Lipinski definition) is 6. The molecule has 1 aliphatic rings. The molecule has 2 aromatic heterocycles. The Morgan fingerprint density at radius 1 is 1.48 bits per heavy atom. The van der Waals surface area contributed by atoms with Crippen LogP contribution in [0.3, 0.4) is 0 Å². The van der Waals surface area contributed by atoms with Crippen LogP contribution in [0.1, 0.15) is 12.8 Å². The Morgan fingerprint density at radius 2 is 2.30 bits per heavy atom. The molecule has 9 heteroatoms. The van der Waals surface area contributed by atoms with Crippen molar-refractivity contribution in [2.75, 3.05) is 13.2 Å². The van der Waals surface area contributed by atoms with E-state index < -0.39 is 10.0 Å². The van der Waals surface area contributed by atoms with Crippen LogP contribution in [-0.2, 0) is 21.8 Å². The Morgan fingerprint density at radius 3 is 3.00 bits per heavy atom. The van der Waals surface area contributed by atoms with E-state index in [1.54, 1.807) is 24.6 Å². The first-order valence-electron chi connectivity index (χ1n) is 7.20. The van der Waals surface area contributed by atoms with E-state index in [-0.39, 0.29) is 22.4 Å². The largest absolute Gasteiger partial charge is 0.377 e. The molecule has 0 saturated carbocycles. The summed E-state index contributed by atoms with van der Waals surface area (Å²) in [5.41, 5.74) is 1.02. The number of aryl methyl sites for hydroxylation is 1. The van der Waals surface area contributed by atoms with Crippen LogP contribution in [0.4, 0.5) is 0 Å². The first-order valence-corrected chi connectivity index (χ1v) is 9.56. The second-order valence-electron chi connectivity index (χ2n) is 5.32. The lowest BCUT2D eigenvalue weighted by atomic mass is 10.2. The molecule has 0 radical (unpaired) electrons. The molecule has 0 aromatic carbocycles. The summed E-state index contributed by atoms with van der Waals surface area (Å²) in [6, 6.07) is 4.56. The maximum atomic E-state index is 12.3. The van der Waals surface area contributed by atoms with Crippen LogP contribution in [0, 0.1) is 0 Å². The maximum absolute atomic E-state index is 12.3. The monoisotopic (exact) mass is 355 g/mol. The van der Waals surface area contributed by atoms with Gasteiger partial charge in [-0.25, -0.2) is 17.8 Å². The van der Waals surface area contributed by atoms with Gasteiger partial charge in [0.05, 0.1) is 11.8 Å². The molecule has 1 fully saturated rings. The Hall–Kier alpha value is -1.55. The van der Waals surface area contributed by atoms with E-state index in [9.17, 15) is 13.2 Å². The third-order valence-corrected chi connectivity index (χ3v) is 6.48. The average Bonchev–Trinajstić information content (AvgIpc) is 3.19. The third kappa shape index (κ3) is 3.69. The lowest BCUT2D eigenvalue weighted by Crippen LogP contribution is -2.31. The number of sulfonamides is 1. The van der Waals surface area contributed by atoms with Crippen molar-refractivity contribution >= 4 is 21.4 Å². The molecule has 0 amide bonds. The van der Waals surface area contributed by atoms with E-state index >= 15 is 0 Å². The minimum atomic E-state index is -3.56. The molecule has 7 nitrogen and oxygen atoms in total. The molecule has 1 saturated heterocycles. The van der Waals surface area contributed by atoms with Crippen LogP contribution in [0.5, 0.6) is 0 Å². The van der Waals surface area contributed by atoms with Crippen molar-refractivity contribution in [2.24, 2.45) is 7.05 Å². The van der Waals surface area contributed by atoms with Gasteiger partial charge in [0.15, 0.2) is 0 Å². The van der Waals surface area contributed by atoms with Crippen molar-refractivity contribution in [1.82, 2.24) is 14.5 Å². The summed E-state index contributed by atoms with van der Waals surface area (Å²) in [6.45, 7) is 0.974. The van der Waals surface area contributed by atoms with Crippen molar-refractivity contribution in [2.45, 2.75) is 23.2 Å². The van der Waals surface area contributed by atoms with Gasteiger partial charge in [-0.05, 0) is 25.0 Å². The van der Waals surface area contributed by atoms with Crippen LogP contribution in [0.15, 0.2) is 32.6 Å². The normalized spacial score (nSPS) is 18.4. The number of nitrogens with one attached hydrogen (secondary N) is 1. The quantitative estimate of drug-likeness (QED) is 0.863. The van der Waals surface area contributed by atoms with Crippen molar-refractivity contribution in [1.29, 1.82) is 0 Å². The second-order valence-corrected chi connectivity index (χ2v) is 8.23. The number of thiophene rings is 1. The second kappa shape index (κ2) is 6.52. The first kappa shape index (κ1) is 16.3. The molecule has 0 aliphatic carbocycles. The minimum Gasteiger partial charge on any atom is -0.377 e. The molecule has 2 aromatic rings. The molecule has 1 aliphatic heterocycles. The van der Waals surface area contributed by atoms with Gasteiger partial charge in [-0.1, -0.05) is 0 Å². The number of rotatable bonds is 5. The van der Waals surface area contributed by atoms with Gasteiger partial charge in [0.2, 0.25) is 10.0 Å². The first-order chi connectivity index (χ1) is 11.0. The number of hydrogen-bond donors (Lipinski definition) is 1. The molecule has 1 atom stereocenters. The molecule has 124 valence electrons. The highest BCUT2D eigenvalue weighted by Gasteiger charge is 2.22. The van der Waals surface area contributed by atoms with Crippen LogP contribution in [0.25, 0.3) is 11.3 Å². The summed E-state index contributed by atoms with van der Waals surface area (Å²) in [7, 11) is -2.01. The maximum Gasteiger partial charge on any atom is 0.266 e. The van der Waals surface area contributed by atoms with Crippen molar-refractivity contribution < 1.29 is 13.2 Å². The van der Waals surface area contributed by atoms with E-state index in [1.807, 2.05) is 0 Å². The Balaban J connectivity index is 1.77. The van der Waals surface area contributed by atoms with E-state index in [2.05, 4.69) is 9.82 Å². The summed E-state index contributed by atoms with van der Waals surface area (Å²) < 4.78 is 34.1. The zero-order valence-corrected chi connectivity index (χ0v) is 14.2. The molecule has 1 unspecified atom stereocenters. The van der Waals surface area contributed by atoms with E-state index in [0.29, 0.717) is 17.9 Å². The highest BCUT2D eigenvalue weighted by Crippen LogP contribution is 2.26. The Bertz CT molecular complexity index is 851. The molecule has 23 heavy (non-hydrogen) atoms. The van der Waals surface area contributed by atoms with Crippen LogP contribution in [-0.4, -0.2) is 37.5 Å². The van der Waals surface area contributed by atoms with Gasteiger partial charge in [0, 0.05) is 37.2 Å². The molecule has 3 rings (SSSR count). The molecular formula is C14H17N3O4S2. The topological polar surface area (TPSA) is 90.3 Å². The van der Waals surface area contributed by atoms with Gasteiger partial charge in [-0.3, -0.25) is 4.79 Å². The third-order valence-electron chi connectivity index (χ3n) is 3.62. The number of aromatic nitrogens is 2. The van der Waals surface area contributed by atoms with Crippen molar-refractivity contribution in [3.05, 3.63) is 33.9 Å². The predicted octanol–water partition coefficient (Wildman–Crippen LogP) is 0.966. The van der Waals surface area contributed by atoms with E-state index in [1.165, 1.54) is 10.7 Å². The van der Waals surface area contributed by atoms with Gasteiger partial charge in [0.25, 0.3) is 5.56 Å². The fourth-order valence-electron chi connectivity index (χ4n) is 2.33. The fourth-order valence-corrected chi connectivity index (χ4v) is 4.61. The van der Waals surface area contributed by atoms with Crippen LogP contribution >= 0.6 is 11.3 Å². The van der Waals surface area contributed by atoms with Crippen molar-refractivity contribution in [3.8, 4) is 11.3 Å². The van der Waals surface area contributed by atoms with E-state index in [0.717, 1.165) is 24.2 Å². The summed E-state index contributed by atoms with van der Waals surface area (Å²) in [5, 5.41) is 5.84. The van der Waals surface area contributed by atoms with Gasteiger partial charge < -0.3 is 4.74 Å². The van der Waals surface area contributed by atoms with E-state index in [4.69, 9.17) is 4.74 Å². The molecule has 0 spiro atoms. The lowest BCUT2D eigenvalue weighted by Gasteiger charge is -2.10. The Kier molecular flexibility index (Phi) is 4.62. The minimum absolute atomic E-state index is 0.0467. The van der Waals surface area contributed by atoms with Gasteiger partial charge >= 0.3 is 0 Å². The molecular weight excluding hydrogens is 338 g/mol. The fraction of sp³-hybridized carbons (Fsp3) is 0.429. The zero-order valence-electron chi connectivity index (χ0n) is 12.6. The molecule has 0 bridgehead atoms. The summed E-state index contributed by atoms with van der Waals surface area (Å²) >= 11 is 1.13. The van der Waals surface area contributed by atoms with Gasteiger partial charge in [0.1, 0.15) is 4.21 Å². The average molecular weight is 355 g/mol. The summed E-state index contributed by atoms with van der Waals surface area (Å²) in [4.78, 5) is 11.4. The highest BCUT2D eigenvalue weighted by atomic mass is 32.2. The summed E-state index contributed by atoms with van der Waals surface area (Å²) in [5.74, 6) is 0. The SMILES string of the molecule is Cn1nc(-c2csc(S(=O)(=O)NCC3CCCO3)c2)ccc1=O. The number of ether oxygens (including phenoxy) is 1.